The van der Waals surface area contributed by atoms with E-state index in [0.29, 0.717) is 0 Å². The van der Waals surface area contributed by atoms with Crippen LogP contribution < -0.4 is 4.74 Å². The lowest BCUT2D eigenvalue weighted by Crippen LogP contribution is -2.30. The molecule has 0 fully saturated rings. The van der Waals surface area contributed by atoms with Gasteiger partial charge in [0.25, 0.3) is 0 Å². The number of rotatable bonds is 2. The van der Waals surface area contributed by atoms with Crippen LogP contribution >= 0.6 is 0 Å². The quantitative estimate of drug-likeness (QED) is 0.266. The Morgan fingerprint density at radius 3 is 2.09 bits per heavy atom. The standard InChI is InChI=1S/C32H23NO/c1-32(22-12-4-2-5-13-22)26-17-9-11-19-28(26)34-29-21-20-25-24-16-8-10-18-27(24)33(31(25)30(29)32)23-14-6-3-7-15-23/h2-21H,1H3. The van der Waals surface area contributed by atoms with Crippen LogP contribution in [0.1, 0.15) is 23.6 Å². The Hall–Kier alpha value is -4.30. The van der Waals surface area contributed by atoms with Crippen molar-refractivity contribution >= 4 is 21.8 Å². The first-order valence-corrected chi connectivity index (χ1v) is 11.7. The summed E-state index contributed by atoms with van der Waals surface area (Å²) in [6, 6.07) is 43.0. The molecular weight excluding hydrogens is 414 g/mol. The minimum Gasteiger partial charge on any atom is -0.457 e. The van der Waals surface area contributed by atoms with E-state index in [9.17, 15) is 0 Å². The summed E-state index contributed by atoms with van der Waals surface area (Å²) in [5.41, 5.74) is 6.81. The average Bonchev–Trinajstić information content (AvgIpc) is 3.24. The highest BCUT2D eigenvalue weighted by atomic mass is 16.5. The maximum Gasteiger partial charge on any atom is 0.134 e. The molecule has 1 aliphatic rings. The molecule has 7 rings (SSSR count). The van der Waals surface area contributed by atoms with E-state index in [0.717, 1.165) is 17.2 Å². The third-order valence-corrected chi connectivity index (χ3v) is 7.31. The van der Waals surface area contributed by atoms with Crippen LogP contribution in [0.4, 0.5) is 0 Å². The van der Waals surface area contributed by atoms with Gasteiger partial charge < -0.3 is 9.30 Å². The van der Waals surface area contributed by atoms with E-state index in [1.165, 1.54) is 38.5 Å². The molecule has 1 aliphatic heterocycles. The van der Waals surface area contributed by atoms with Crippen LogP contribution in [-0.2, 0) is 5.41 Å². The number of para-hydroxylation sites is 3. The van der Waals surface area contributed by atoms with Gasteiger partial charge in [-0.2, -0.15) is 0 Å². The lowest BCUT2D eigenvalue weighted by atomic mass is 9.68. The minimum atomic E-state index is -0.383. The summed E-state index contributed by atoms with van der Waals surface area (Å²) in [6.45, 7) is 2.34. The number of aromatic nitrogens is 1. The second-order valence-electron chi connectivity index (χ2n) is 9.11. The van der Waals surface area contributed by atoms with Crippen molar-refractivity contribution in [3.63, 3.8) is 0 Å². The Balaban J connectivity index is 1.71. The second kappa shape index (κ2) is 7.10. The first kappa shape index (κ1) is 19.2. The number of fused-ring (bicyclic) bond motifs is 6. The van der Waals surface area contributed by atoms with Gasteiger partial charge in [-0.15, -0.1) is 0 Å². The van der Waals surface area contributed by atoms with Crippen LogP contribution in [0.25, 0.3) is 27.5 Å². The highest BCUT2D eigenvalue weighted by Crippen LogP contribution is 2.54. The zero-order valence-electron chi connectivity index (χ0n) is 18.9. The zero-order chi connectivity index (χ0) is 22.7. The van der Waals surface area contributed by atoms with Crippen molar-refractivity contribution in [1.82, 2.24) is 4.57 Å². The number of benzene rings is 5. The highest BCUT2D eigenvalue weighted by Gasteiger charge is 2.42. The predicted octanol–water partition coefficient (Wildman–Crippen LogP) is 8.24. The van der Waals surface area contributed by atoms with E-state index in [2.05, 4.69) is 133 Å². The topological polar surface area (TPSA) is 14.2 Å². The summed E-state index contributed by atoms with van der Waals surface area (Å²) in [6.07, 6.45) is 0. The van der Waals surface area contributed by atoms with E-state index in [1.807, 2.05) is 0 Å². The van der Waals surface area contributed by atoms with Gasteiger partial charge >= 0.3 is 0 Å². The molecule has 2 nitrogen and oxygen atoms in total. The van der Waals surface area contributed by atoms with Crippen LogP contribution in [0.15, 0.2) is 121 Å². The molecule has 1 unspecified atom stereocenters. The first-order valence-electron chi connectivity index (χ1n) is 11.7. The predicted molar refractivity (Wildman–Crippen MR) is 139 cm³/mol. The molecule has 0 amide bonds. The normalized spacial score (nSPS) is 16.7. The Morgan fingerprint density at radius 2 is 1.26 bits per heavy atom. The summed E-state index contributed by atoms with van der Waals surface area (Å²) in [4.78, 5) is 0. The third-order valence-electron chi connectivity index (χ3n) is 7.31. The van der Waals surface area contributed by atoms with Gasteiger partial charge in [0.1, 0.15) is 11.5 Å². The van der Waals surface area contributed by atoms with Crippen LogP contribution in [-0.4, -0.2) is 4.57 Å². The lowest BCUT2D eigenvalue weighted by Gasteiger charge is -2.38. The molecule has 0 saturated heterocycles. The fourth-order valence-corrected chi connectivity index (χ4v) is 5.75. The van der Waals surface area contributed by atoms with Gasteiger partial charge in [-0.25, -0.2) is 0 Å². The van der Waals surface area contributed by atoms with Crippen LogP contribution in [0, 0.1) is 0 Å². The fourth-order valence-electron chi connectivity index (χ4n) is 5.75. The van der Waals surface area contributed by atoms with Crippen molar-refractivity contribution in [2.75, 3.05) is 0 Å². The van der Waals surface area contributed by atoms with Crippen molar-refractivity contribution in [2.45, 2.75) is 12.3 Å². The largest absolute Gasteiger partial charge is 0.457 e. The van der Waals surface area contributed by atoms with Gasteiger partial charge in [-0.3, -0.25) is 0 Å². The molecule has 0 bridgehead atoms. The maximum atomic E-state index is 6.58. The SMILES string of the molecule is CC1(c2ccccc2)c2ccccc2Oc2ccc3c4ccccc4n(-c4ccccc4)c3c21. The second-order valence-corrected chi connectivity index (χ2v) is 9.11. The van der Waals surface area contributed by atoms with Gasteiger partial charge in [-0.05, 0) is 48.9 Å². The van der Waals surface area contributed by atoms with Crippen LogP contribution in [0.5, 0.6) is 11.5 Å². The van der Waals surface area contributed by atoms with Gasteiger partial charge in [0.15, 0.2) is 0 Å². The van der Waals surface area contributed by atoms with Gasteiger partial charge in [0.2, 0.25) is 0 Å². The molecule has 0 radical (unpaired) electrons. The molecule has 0 spiro atoms. The number of hydrogen-bond donors (Lipinski definition) is 0. The molecule has 1 aromatic heterocycles. The summed E-state index contributed by atoms with van der Waals surface area (Å²) < 4.78 is 8.98. The molecule has 0 aliphatic carbocycles. The maximum absolute atomic E-state index is 6.58. The Bertz CT molecular complexity index is 1680. The van der Waals surface area contributed by atoms with Crippen molar-refractivity contribution < 1.29 is 4.74 Å². The Morgan fingerprint density at radius 1 is 0.588 bits per heavy atom. The zero-order valence-corrected chi connectivity index (χ0v) is 18.9. The van der Waals surface area contributed by atoms with Gasteiger partial charge in [0.05, 0.1) is 16.4 Å². The highest BCUT2D eigenvalue weighted by molar-refractivity contribution is 6.11. The fraction of sp³-hybridized carbons (Fsp3) is 0.0625. The van der Waals surface area contributed by atoms with E-state index in [1.54, 1.807) is 0 Å². The first-order chi connectivity index (χ1) is 16.8. The lowest BCUT2D eigenvalue weighted by molar-refractivity contribution is 0.429. The number of ether oxygens (including phenoxy) is 1. The molecule has 162 valence electrons. The third kappa shape index (κ3) is 2.51. The van der Waals surface area contributed by atoms with Crippen molar-refractivity contribution in [1.29, 1.82) is 0 Å². The molecule has 2 heteroatoms. The van der Waals surface area contributed by atoms with Crippen molar-refractivity contribution in [3.8, 4) is 17.2 Å². The number of nitrogens with zero attached hydrogens (tertiary/aromatic N) is 1. The molecule has 34 heavy (non-hydrogen) atoms. The Labute approximate surface area is 198 Å². The van der Waals surface area contributed by atoms with E-state index in [-0.39, 0.29) is 5.41 Å². The van der Waals surface area contributed by atoms with E-state index in [4.69, 9.17) is 4.74 Å². The van der Waals surface area contributed by atoms with Gasteiger partial charge in [0, 0.05) is 27.6 Å². The van der Waals surface area contributed by atoms with E-state index < -0.39 is 0 Å². The van der Waals surface area contributed by atoms with Gasteiger partial charge in [-0.1, -0.05) is 84.9 Å². The average molecular weight is 438 g/mol. The molecule has 0 N–H and O–H groups in total. The van der Waals surface area contributed by atoms with Crippen LogP contribution in [0.3, 0.4) is 0 Å². The summed E-state index contributed by atoms with van der Waals surface area (Å²) in [5, 5.41) is 2.49. The summed E-state index contributed by atoms with van der Waals surface area (Å²) in [7, 11) is 0. The monoisotopic (exact) mass is 437 g/mol. The van der Waals surface area contributed by atoms with Crippen LogP contribution in [0.2, 0.25) is 0 Å². The smallest absolute Gasteiger partial charge is 0.134 e. The number of hydrogen-bond acceptors (Lipinski definition) is 1. The minimum absolute atomic E-state index is 0.383. The Kier molecular flexibility index (Phi) is 4.01. The molecule has 1 atom stereocenters. The van der Waals surface area contributed by atoms with Crippen molar-refractivity contribution in [2.24, 2.45) is 0 Å². The van der Waals surface area contributed by atoms with E-state index >= 15 is 0 Å². The van der Waals surface area contributed by atoms with Crippen molar-refractivity contribution in [3.05, 3.63) is 138 Å². The molecular formula is C32H23NO. The molecule has 0 saturated carbocycles. The molecule has 6 aromatic rings. The molecule has 2 heterocycles. The summed E-state index contributed by atoms with van der Waals surface area (Å²) in [5.74, 6) is 1.83. The molecule has 5 aromatic carbocycles. The summed E-state index contributed by atoms with van der Waals surface area (Å²) >= 11 is 0.